The smallest absolute Gasteiger partial charge is 0.338 e. The summed E-state index contributed by atoms with van der Waals surface area (Å²) in [5.41, 5.74) is 2.33. The maximum atomic E-state index is 12.2. The summed E-state index contributed by atoms with van der Waals surface area (Å²) in [5.74, 6) is -0.0343. The van der Waals surface area contributed by atoms with E-state index in [0.717, 1.165) is 10.0 Å². The van der Waals surface area contributed by atoms with Crippen LogP contribution in [0.5, 0.6) is 0 Å². The highest BCUT2D eigenvalue weighted by Crippen LogP contribution is 2.15. The van der Waals surface area contributed by atoms with Crippen LogP contribution in [0.1, 0.15) is 41.4 Å². The molecule has 1 aromatic carbocycles. The van der Waals surface area contributed by atoms with E-state index in [9.17, 15) is 9.59 Å². The number of nitrogens with zero attached hydrogens (tertiary/aromatic N) is 2. The van der Waals surface area contributed by atoms with Crippen molar-refractivity contribution in [3.05, 3.63) is 80.3 Å². The van der Waals surface area contributed by atoms with Gasteiger partial charge in [0.1, 0.15) is 12.3 Å². The van der Waals surface area contributed by atoms with Gasteiger partial charge < -0.3 is 4.74 Å². The largest absolute Gasteiger partial charge is 0.456 e. The summed E-state index contributed by atoms with van der Waals surface area (Å²) in [6.45, 7) is 4.14. The summed E-state index contributed by atoms with van der Waals surface area (Å²) in [6, 6.07) is 12.2. The third kappa shape index (κ3) is 3.96. The molecule has 0 N–H and O–H groups in total. The molecule has 0 fully saturated rings. The lowest BCUT2D eigenvalue weighted by molar-refractivity contribution is 0.0467. The van der Waals surface area contributed by atoms with Gasteiger partial charge in [-0.05, 0) is 51.7 Å². The van der Waals surface area contributed by atoms with Gasteiger partial charge in [-0.3, -0.25) is 9.20 Å². The number of pyridine rings is 1. The molecule has 2 aromatic heterocycles. The number of halogens is 1. The Bertz CT molecular complexity index is 978. The van der Waals surface area contributed by atoms with Gasteiger partial charge in [-0.25, -0.2) is 9.78 Å². The van der Waals surface area contributed by atoms with Crippen LogP contribution in [0.15, 0.2) is 57.9 Å². The number of hydrogen-bond acceptors (Lipinski definition) is 4. The molecule has 0 unspecified atom stereocenters. The highest BCUT2D eigenvalue weighted by molar-refractivity contribution is 9.10. The van der Waals surface area contributed by atoms with Crippen molar-refractivity contribution in [1.29, 1.82) is 0 Å². The fourth-order valence-corrected chi connectivity index (χ4v) is 2.76. The van der Waals surface area contributed by atoms with E-state index in [1.165, 1.54) is 10.5 Å². The minimum atomic E-state index is -0.437. The minimum Gasteiger partial charge on any atom is -0.456 e. The molecular formula is C19H17BrN2O3. The Labute approximate surface area is 153 Å². The minimum absolute atomic E-state index is 0.0490. The zero-order valence-corrected chi connectivity index (χ0v) is 15.5. The molecule has 3 rings (SSSR count). The van der Waals surface area contributed by atoms with Crippen molar-refractivity contribution in [3.63, 3.8) is 0 Å². The second-order valence-electron chi connectivity index (χ2n) is 6.01. The van der Waals surface area contributed by atoms with E-state index in [0.29, 0.717) is 22.8 Å². The number of carbonyl (C=O) groups is 1. The van der Waals surface area contributed by atoms with Crippen molar-refractivity contribution < 1.29 is 9.53 Å². The van der Waals surface area contributed by atoms with Gasteiger partial charge in [-0.2, -0.15) is 0 Å². The number of aromatic nitrogens is 2. The normalized spacial score (nSPS) is 11.0. The van der Waals surface area contributed by atoms with Crippen molar-refractivity contribution in [1.82, 2.24) is 9.38 Å². The molecule has 0 bridgehead atoms. The summed E-state index contributed by atoms with van der Waals surface area (Å²) >= 11 is 3.32. The molecule has 128 valence electrons. The molecule has 0 aliphatic carbocycles. The number of fused-ring (bicyclic) bond motifs is 1. The average molecular weight is 401 g/mol. The zero-order chi connectivity index (χ0) is 18.0. The van der Waals surface area contributed by atoms with Gasteiger partial charge in [-0.1, -0.05) is 26.0 Å². The Balaban J connectivity index is 1.74. The van der Waals surface area contributed by atoms with Gasteiger partial charge in [0, 0.05) is 16.7 Å². The first-order valence-corrected chi connectivity index (χ1v) is 8.68. The predicted molar refractivity (Wildman–Crippen MR) is 98.8 cm³/mol. The van der Waals surface area contributed by atoms with Crippen molar-refractivity contribution in [3.8, 4) is 0 Å². The van der Waals surface area contributed by atoms with Crippen molar-refractivity contribution in [2.45, 2.75) is 26.4 Å². The number of carbonyl (C=O) groups excluding carboxylic acids is 1. The molecule has 0 saturated carbocycles. The van der Waals surface area contributed by atoms with E-state index < -0.39 is 5.97 Å². The average Bonchev–Trinajstić information content (AvgIpc) is 2.60. The molecule has 0 radical (unpaired) electrons. The summed E-state index contributed by atoms with van der Waals surface area (Å²) in [4.78, 5) is 28.6. The van der Waals surface area contributed by atoms with Crippen molar-refractivity contribution >= 4 is 27.5 Å². The van der Waals surface area contributed by atoms with Gasteiger partial charge >= 0.3 is 5.97 Å². The monoisotopic (exact) mass is 400 g/mol. The molecule has 2 heterocycles. The van der Waals surface area contributed by atoms with Crippen molar-refractivity contribution in [2.24, 2.45) is 0 Å². The lowest BCUT2D eigenvalue weighted by atomic mass is 10.0. The standard InChI is InChI=1S/C19H17BrN2O3/c1-12(2)13-3-5-14(6-4-13)19(24)25-11-16-9-18(23)22-10-15(20)7-8-17(22)21-16/h3-10,12H,11H2,1-2H3. The molecule has 0 atom stereocenters. The number of benzene rings is 1. The Morgan fingerprint density at radius 2 is 1.92 bits per heavy atom. The molecule has 5 nitrogen and oxygen atoms in total. The topological polar surface area (TPSA) is 60.7 Å². The molecule has 0 saturated heterocycles. The van der Waals surface area contributed by atoms with Crippen LogP contribution in [0.2, 0.25) is 0 Å². The molecule has 0 aliphatic heterocycles. The molecule has 3 aromatic rings. The second kappa shape index (κ2) is 7.19. The van der Waals surface area contributed by atoms with E-state index in [2.05, 4.69) is 34.8 Å². The molecule has 0 aliphatic rings. The van der Waals surface area contributed by atoms with Crippen LogP contribution in [0.4, 0.5) is 0 Å². The van der Waals surface area contributed by atoms with Crippen LogP contribution in [0.25, 0.3) is 5.65 Å². The lowest BCUT2D eigenvalue weighted by Crippen LogP contribution is -2.16. The number of hydrogen-bond donors (Lipinski definition) is 0. The van der Waals surface area contributed by atoms with Gasteiger partial charge in [0.25, 0.3) is 5.56 Å². The summed E-state index contributed by atoms with van der Waals surface area (Å²) < 4.78 is 7.50. The second-order valence-corrected chi connectivity index (χ2v) is 6.93. The summed E-state index contributed by atoms with van der Waals surface area (Å²) in [5, 5.41) is 0. The van der Waals surface area contributed by atoms with E-state index >= 15 is 0 Å². The Kier molecular flexibility index (Phi) is 4.99. The Morgan fingerprint density at radius 3 is 2.60 bits per heavy atom. The number of esters is 1. The first-order chi connectivity index (χ1) is 11.9. The molecular weight excluding hydrogens is 384 g/mol. The van der Waals surface area contributed by atoms with E-state index in [-0.39, 0.29) is 12.2 Å². The van der Waals surface area contributed by atoms with Crippen LogP contribution in [-0.2, 0) is 11.3 Å². The third-order valence-electron chi connectivity index (χ3n) is 3.84. The van der Waals surface area contributed by atoms with E-state index in [4.69, 9.17) is 4.74 Å². The quantitative estimate of drug-likeness (QED) is 0.622. The zero-order valence-electron chi connectivity index (χ0n) is 13.9. The maximum Gasteiger partial charge on any atom is 0.338 e. The van der Waals surface area contributed by atoms with Crippen LogP contribution >= 0.6 is 15.9 Å². The molecule has 0 spiro atoms. The fourth-order valence-electron chi connectivity index (χ4n) is 2.43. The maximum absolute atomic E-state index is 12.2. The van der Waals surface area contributed by atoms with E-state index in [1.54, 1.807) is 30.5 Å². The third-order valence-corrected chi connectivity index (χ3v) is 4.31. The highest BCUT2D eigenvalue weighted by atomic mass is 79.9. The number of rotatable bonds is 4. The Morgan fingerprint density at radius 1 is 1.20 bits per heavy atom. The van der Waals surface area contributed by atoms with Gasteiger partial charge in [-0.15, -0.1) is 0 Å². The Hall–Kier alpha value is -2.47. The first kappa shape index (κ1) is 17.4. The highest BCUT2D eigenvalue weighted by Gasteiger charge is 2.10. The van der Waals surface area contributed by atoms with Gasteiger partial charge in [0.05, 0.1) is 11.3 Å². The summed E-state index contributed by atoms with van der Waals surface area (Å²) in [7, 11) is 0. The summed E-state index contributed by atoms with van der Waals surface area (Å²) in [6.07, 6.45) is 1.65. The molecule has 0 amide bonds. The SMILES string of the molecule is CC(C)c1ccc(C(=O)OCc2cc(=O)n3cc(Br)ccc3n2)cc1. The van der Waals surface area contributed by atoms with Crippen LogP contribution in [-0.4, -0.2) is 15.4 Å². The number of ether oxygens (including phenoxy) is 1. The molecule has 25 heavy (non-hydrogen) atoms. The van der Waals surface area contributed by atoms with Crippen LogP contribution in [0.3, 0.4) is 0 Å². The molecule has 6 heteroatoms. The van der Waals surface area contributed by atoms with Gasteiger partial charge in [0.15, 0.2) is 0 Å². The van der Waals surface area contributed by atoms with Crippen LogP contribution in [0, 0.1) is 0 Å². The van der Waals surface area contributed by atoms with Crippen LogP contribution < -0.4 is 5.56 Å². The van der Waals surface area contributed by atoms with E-state index in [1.807, 2.05) is 12.1 Å². The fraction of sp³-hybridized carbons (Fsp3) is 0.211. The van der Waals surface area contributed by atoms with Gasteiger partial charge in [0.2, 0.25) is 0 Å². The van der Waals surface area contributed by atoms with Crippen molar-refractivity contribution in [2.75, 3.05) is 0 Å². The predicted octanol–water partition coefficient (Wildman–Crippen LogP) is 3.94. The lowest BCUT2D eigenvalue weighted by Gasteiger charge is -2.08. The first-order valence-electron chi connectivity index (χ1n) is 7.89.